The number of aryl methyl sites for hydroxylation is 1. The molecule has 1 aliphatic rings. The third-order valence-corrected chi connectivity index (χ3v) is 6.47. The van der Waals surface area contributed by atoms with Crippen LogP contribution in [0.3, 0.4) is 0 Å². The second kappa shape index (κ2) is 7.76. The van der Waals surface area contributed by atoms with Gasteiger partial charge in [-0.1, -0.05) is 18.2 Å². The van der Waals surface area contributed by atoms with Crippen LogP contribution >= 0.6 is 11.3 Å². The summed E-state index contributed by atoms with van der Waals surface area (Å²) >= 11 is 1.48. The van der Waals surface area contributed by atoms with Gasteiger partial charge in [-0.25, -0.2) is 0 Å². The lowest BCUT2D eigenvalue weighted by Gasteiger charge is -2.32. The topological polar surface area (TPSA) is 46.6 Å². The number of benzene rings is 2. The number of Topliss-reactive ketones (excluding diaryl/α,β-unsaturated/α-hetero) is 1. The minimum absolute atomic E-state index is 0.0515. The van der Waals surface area contributed by atoms with Gasteiger partial charge in [0.25, 0.3) is 5.91 Å². The average Bonchev–Trinajstić information content (AvgIpc) is 3.17. The molecule has 0 bridgehead atoms. The number of likely N-dealkylation sites (tertiary alicyclic amines) is 1. The molecular formula is C23H23NO3S. The number of methoxy groups -OCH3 is 1. The van der Waals surface area contributed by atoms with Gasteiger partial charge in [-0.3, -0.25) is 9.59 Å². The SMILES string of the molecule is COc1ccc2cc(C(=O)C3CCCN(C(=O)c4sccc4C)C3)ccc2c1. The van der Waals surface area contributed by atoms with E-state index in [0.29, 0.717) is 12.1 Å². The Morgan fingerprint density at radius 1 is 1.11 bits per heavy atom. The minimum atomic E-state index is -0.145. The van der Waals surface area contributed by atoms with Crippen LogP contribution in [0.1, 0.15) is 38.4 Å². The minimum Gasteiger partial charge on any atom is -0.497 e. The Bertz CT molecular complexity index is 1040. The molecule has 144 valence electrons. The van der Waals surface area contributed by atoms with Gasteiger partial charge in [-0.15, -0.1) is 11.3 Å². The Morgan fingerprint density at radius 3 is 2.64 bits per heavy atom. The second-order valence-corrected chi connectivity index (χ2v) is 8.23. The average molecular weight is 394 g/mol. The molecule has 3 aromatic rings. The lowest BCUT2D eigenvalue weighted by molar-refractivity contribution is 0.0640. The fourth-order valence-electron chi connectivity index (χ4n) is 3.85. The molecule has 4 nitrogen and oxygen atoms in total. The summed E-state index contributed by atoms with van der Waals surface area (Å²) in [6, 6.07) is 13.6. The molecule has 0 N–H and O–H groups in total. The van der Waals surface area contributed by atoms with Crippen molar-refractivity contribution in [2.24, 2.45) is 5.92 Å². The number of piperidine rings is 1. The number of hydrogen-bond donors (Lipinski definition) is 0. The lowest BCUT2D eigenvalue weighted by atomic mass is 9.89. The van der Waals surface area contributed by atoms with Crippen LogP contribution < -0.4 is 4.74 Å². The van der Waals surface area contributed by atoms with E-state index in [2.05, 4.69) is 0 Å². The van der Waals surface area contributed by atoms with Crippen molar-refractivity contribution in [3.8, 4) is 5.75 Å². The third-order valence-electron chi connectivity index (χ3n) is 5.47. The molecule has 0 aliphatic carbocycles. The summed E-state index contributed by atoms with van der Waals surface area (Å²) in [7, 11) is 1.65. The van der Waals surface area contributed by atoms with Crippen LogP contribution in [-0.2, 0) is 0 Å². The van der Waals surface area contributed by atoms with Crippen molar-refractivity contribution in [3.05, 3.63) is 63.8 Å². The highest BCUT2D eigenvalue weighted by Gasteiger charge is 2.30. The highest BCUT2D eigenvalue weighted by molar-refractivity contribution is 7.12. The van der Waals surface area contributed by atoms with Gasteiger partial charge < -0.3 is 9.64 Å². The molecule has 1 aliphatic heterocycles. The van der Waals surface area contributed by atoms with E-state index in [4.69, 9.17) is 4.74 Å². The first kappa shape index (κ1) is 18.7. The number of thiophene rings is 1. The van der Waals surface area contributed by atoms with E-state index in [1.807, 2.05) is 59.7 Å². The first-order valence-electron chi connectivity index (χ1n) is 9.52. The Labute approximate surface area is 168 Å². The molecule has 2 heterocycles. The second-order valence-electron chi connectivity index (χ2n) is 7.32. The maximum Gasteiger partial charge on any atom is 0.264 e. The van der Waals surface area contributed by atoms with Crippen LogP contribution in [0.5, 0.6) is 5.75 Å². The standard InChI is InChI=1S/C23H23NO3S/c1-15-9-11-28-22(15)23(26)24-10-3-4-19(14-24)21(25)18-6-5-17-13-20(27-2)8-7-16(17)12-18/h5-9,11-13,19H,3-4,10,14H2,1-2H3. The predicted octanol–water partition coefficient (Wildman–Crippen LogP) is 4.95. The van der Waals surface area contributed by atoms with Crippen molar-refractivity contribution in [2.75, 3.05) is 20.2 Å². The number of ether oxygens (including phenoxy) is 1. The van der Waals surface area contributed by atoms with Crippen molar-refractivity contribution in [2.45, 2.75) is 19.8 Å². The van der Waals surface area contributed by atoms with Crippen molar-refractivity contribution in [3.63, 3.8) is 0 Å². The summed E-state index contributed by atoms with van der Waals surface area (Å²) in [5, 5.41) is 4.01. The molecule has 28 heavy (non-hydrogen) atoms. The van der Waals surface area contributed by atoms with Gasteiger partial charge >= 0.3 is 0 Å². The van der Waals surface area contributed by atoms with Gasteiger partial charge in [0.1, 0.15) is 5.75 Å². The number of fused-ring (bicyclic) bond motifs is 1. The largest absolute Gasteiger partial charge is 0.497 e. The van der Waals surface area contributed by atoms with E-state index >= 15 is 0 Å². The molecule has 0 spiro atoms. The number of carbonyl (C=O) groups excluding carboxylic acids is 2. The normalized spacial score (nSPS) is 16.9. The van der Waals surface area contributed by atoms with Crippen LogP contribution in [0, 0.1) is 12.8 Å². The summed E-state index contributed by atoms with van der Waals surface area (Å²) in [4.78, 5) is 28.6. The van der Waals surface area contributed by atoms with Crippen molar-refractivity contribution < 1.29 is 14.3 Å². The Morgan fingerprint density at radius 2 is 1.89 bits per heavy atom. The smallest absolute Gasteiger partial charge is 0.264 e. The van der Waals surface area contributed by atoms with Crippen LogP contribution in [0.25, 0.3) is 10.8 Å². The number of rotatable bonds is 4. The van der Waals surface area contributed by atoms with E-state index in [1.165, 1.54) is 11.3 Å². The number of carbonyl (C=O) groups is 2. The maximum atomic E-state index is 13.1. The fraction of sp³-hybridized carbons (Fsp3) is 0.304. The van der Waals surface area contributed by atoms with Crippen molar-refractivity contribution in [1.29, 1.82) is 0 Å². The van der Waals surface area contributed by atoms with E-state index < -0.39 is 0 Å². The zero-order valence-electron chi connectivity index (χ0n) is 16.1. The van der Waals surface area contributed by atoms with Crippen LogP contribution in [-0.4, -0.2) is 36.8 Å². The maximum absolute atomic E-state index is 13.1. The van der Waals surface area contributed by atoms with Crippen LogP contribution in [0.4, 0.5) is 0 Å². The molecule has 0 radical (unpaired) electrons. The molecule has 1 aromatic heterocycles. The molecule has 1 unspecified atom stereocenters. The number of amides is 1. The highest BCUT2D eigenvalue weighted by atomic mass is 32.1. The molecular weight excluding hydrogens is 370 g/mol. The van der Waals surface area contributed by atoms with E-state index in [9.17, 15) is 9.59 Å². The predicted molar refractivity (Wildman–Crippen MR) is 113 cm³/mol. The van der Waals surface area contributed by atoms with Gasteiger partial charge in [0.05, 0.1) is 12.0 Å². The summed E-state index contributed by atoms with van der Waals surface area (Å²) < 4.78 is 5.26. The van der Waals surface area contributed by atoms with Crippen molar-refractivity contribution >= 4 is 33.8 Å². The summed E-state index contributed by atoms with van der Waals surface area (Å²) in [5.74, 6) is 0.833. The molecule has 4 rings (SSSR count). The van der Waals surface area contributed by atoms with Gasteiger partial charge in [-0.05, 0) is 65.7 Å². The zero-order chi connectivity index (χ0) is 19.7. The number of hydrogen-bond acceptors (Lipinski definition) is 4. The number of nitrogens with zero attached hydrogens (tertiary/aromatic N) is 1. The fourth-order valence-corrected chi connectivity index (χ4v) is 4.74. The number of ketones is 1. The van der Waals surface area contributed by atoms with Crippen molar-refractivity contribution in [1.82, 2.24) is 4.90 Å². The molecule has 5 heteroatoms. The van der Waals surface area contributed by atoms with E-state index in [0.717, 1.165) is 46.3 Å². The first-order chi connectivity index (χ1) is 13.6. The summed E-state index contributed by atoms with van der Waals surface area (Å²) in [6.45, 7) is 3.17. The van der Waals surface area contributed by atoms with Crippen LogP contribution in [0.15, 0.2) is 47.8 Å². The van der Waals surface area contributed by atoms with Crippen LogP contribution in [0.2, 0.25) is 0 Å². The monoisotopic (exact) mass is 393 g/mol. The lowest BCUT2D eigenvalue weighted by Crippen LogP contribution is -2.42. The molecule has 1 saturated heterocycles. The third kappa shape index (κ3) is 3.54. The van der Waals surface area contributed by atoms with Gasteiger partial charge in [0.15, 0.2) is 5.78 Å². The molecule has 2 aromatic carbocycles. The molecule has 1 atom stereocenters. The molecule has 0 saturated carbocycles. The zero-order valence-corrected chi connectivity index (χ0v) is 16.9. The molecule has 1 fully saturated rings. The Balaban J connectivity index is 1.53. The van der Waals surface area contributed by atoms with E-state index in [-0.39, 0.29) is 17.6 Å². The Hall–Kier alpha value is -2.66. The molecule has 1 amide bonds. The Kier molecular flexibility index (Phi) is 5.18. The van der Waals surface area contributed by atoms with E-state index in [1.54, 1.807) is 7.11 Å². The highest BCUT2D eigenvalue weighted by Crippen LogP contribution is 2.27. The van der Waals surface area contributed by atoms with Gasteiger partial charge in [0, 0.05) is 24.6 Å². The first-order valence-corrected chi connectivity index (χ1v) is 10.4. The van der Waals surface area contributed by atoms with Gasteiger partial charge in [-0.2, -0.15) is 0 Å². The van der Waals surface area contributed by atoms with Gasteiger partial charge in [0.2, 0.25) is 0 Å². The quantitative estimate of drug-likeness (QED) is 0.589. The summed E-state index contributed by atoms with van der Waals surface area (Å²) in [6.07, 6.45) is 1.68. The summed E-state index contributed by atoms with van der Waals surface area (Å²) in [5.41, 5.74) is 1.72.